The maximum atomic E-state index is 13.7. The first-order valence-electron chi connectivity index (χ1n) is 12.6. The van der Waals surface area contributed by atoms with Gasteiger partial charge >= 0.3 is 11.4 Å². The molecule has 33 heavy (non-hydrogen) atoms. The van der Waals surface area contributed by atoms with Crippen LogP contribution in [-0.4, -0.2) is 14.3 Å². The van der Waals surface area contributed by atoms with Crippen molar-refractivity contribution in [2.45, 2.75) is 92.0 Å². The van der Waals surface area contributed by atoms with Crippen LogP contribution in [0, 0.1) is 22.7 Å². The third-order valence-electron chi connectivity index (χ3n) is 8.51. The first-order chi connectivity index (χ1) is 15.4. The highest BCUT2D eigenvalue weighted by Gasteiger charge is 2.45. The predicted molar refractivity (Wildman–Crippen MR) is 135 cm³/mol. The van der Waals surface area contributed by atoms with Gasteiger partial charge in [0.25, 0.3) is 0 Å². The number of hydrogen-bond acceptors (Lipinski definition) is 2. The van der Waals surface area contributed by atoms with Crippen LogP contribution in [0.25, 0.3) is 5.69 Å². The fourth-order valence-electron chi connectivity index (χ4n) is 6.17. The lowest BCUT2D eigenvalue weighted by atomic mass is 9.63. The highest BCUT2D eigenvalue weighted by atomic mass is 16.2. The van der Waals surface area contributed by atoms with Gasteiger partial charge in [-0.1, -0.05) is 65.8 Å². The fraction of sp³-hybridized carbons (Fsp3) is 0.643. The largest absolute Gasteiger partial charge is 0.352 e. The Morgan fingerprint density at radius 1 is 0.879 bits per heavy atom. The van der Waals surface area contributed by atoms with E-state index in [1.165, 1.54) is 10.1 Å². The average Bonchev–Trinajstić information content (AvgIpc) is 3.07. The zero-order valence-electron chi connectivity index (χ0n) is 21.3. The van der Waals surface area contributed by atoms with Gasteiger partial charge in [-0.15, -0.1) is 0 Å². The van der Waals surface area contributed by atoms with Gasteiger partial charge in [-0.3, -0.25) is 0 Å². The Kier molecular flexibility index (Phi) is 6.13. The van der Waals surface area contributed by atoms with E-state index >= 15 is 0 Å². The van der Waals surface area contributed by atoms with Gasteiger partial charge in [0.15, 0.2) is 0 Å². The smallest absolute Gasteiger partial charge is 0.246 e. The molecule has 0 saturated heterocycles. The molecule has 1 aromatic carbocycles. The summed E-state index contributed by atoms with van der Waals surface area (Å²) in [7, 11) is 0. The molecule has 2 aliphatic rings. The van der Waals surface area contributed by atoms with E-state index in [1.54, 1.807) is 4.68 Å². The van der Waals surface area contributed by atoms with E-state index in [0.29, 0.717) is 17.5 Å². The lowest BCUT2D eigenvalue weighted by molar-refractivity contribution is 0.0973. The van der Waals surface area contributed by atoms with E-state index in [4.69, 9.17) is 0 Å². The lowest BCUT2D eigenvalue weighted by Crippen LogP contribution is -2.48. The molecule has 1 aromatic heterocycles. The van der Waals surface area contributed by atoms with Crippen LogP contribution in [0.5, 0.6) is 0 Å². The molecule has 1 N–H and O–H groups in total. The molecule has 2 aliphatic carbocycles. The molecule has 0 amide bonds. The van der Waals surface area contributed by atoms with Crippen molar-refractivity contribution < 1.29 is 0 Å². The average molecular weight is 452 g/mol. The zero-order chi connectivity index (χ0) is 24.0. The molecule has 0 spiro atoms. The van der Waals surface area contributed by atoms with Crippen molar-refractivity contribution in [3.63, 3.8) is 0 Å². The van der Waals surface area contributed by atoms with Crippen LogP contribution in [0.3, 0.4) is 0 Å². The van der Waals surface area contributed by atoms with E-state index in [0.717, 1.165) is 44.9 Å². The molecule has 1 saturated carbocycles. The van der Waals surface area contributed by atoms with Crippen LogP contribution in [0.2, 0.25) is 0 Å². The van der Waals surface area contributed by atoms with Crippen LogP contribution in [0.1, 0.15) is 86.5 Å². The lowest BCUT2D eigenvalue weighted by Gasteiger charge is -2.47. The second kappa shape index (κ2) is 8.48. The van der Waals surface area contributed by atoms with Crippen molar-refractivity contribution in [1.29, 1.82) is 0 Å². The summed E-state index contributed by atoms with van der Waals surface area (Å²) in [6.07, 6.45) is 9.50. The second-order valence-corrected chi connectivity index (χ2v) is 12.4. The van der Waals surface area contributed by atoms with Crippen LogP contribution in [-0.2, 0) is 5.54 Å². The normalized spacial score (nSPS) is 26.8. The number of aromatic nitrogens is 3. The molecule has 0 aliphatic heterocycles. The number of rotatable bonds is 3. The summed E-state index contributed by atoms with van der Waals surface area (Å²) in [5, 5.41) is 2.99. The van der Waals surface area contributed by atoms with Crippen LogP contribution in [0.4, 0.5) is 0 Å². The minimum absolute atomic E-state index is 0.249. The maximum absolute atomic E-state index is 13.7. The van der Waals surface area contributed by atoms with E-state index in [-0.39, 0.29) is 22.2 Å². The van der Waals surface area contributed by atoms with Gasteiger partial charge in [0, 0.05) is 0 Å². The molecule has 1 fully saturated rings. The van der Waals surface area contributed by atoms with Gasteiger partial charge in [0.1, 0.15) is 0 Å². The zero-order valence-corrected chi connectivity index (χ0v) is 21.3. The van der Waals surface area contributed by atoms with Gasteiger partial charge in [-0.05, 0) is 85.3 Å². The van der Waals surface area contributed by atoms with Crippen molar-refractivity contribution in [1.82, 2.24) is 14.3 Å². The molecule has 5 nitrogen and oxygen atoms in total. The molecule has 1 unspecified atom stereocenters. The SMILES string of the molecule is CC(C)(C)C1CC=C(C2(n3[nH]c(=O)n(-c4ccccc4)c3=O)CCC(C(C)(C)C)CC2)CC1. The topological polar surface area (TPSA) is 59.8 Å². The molecule has 0 bridgehead atoms. The number of benzene rings is 1. The van der Waals surface area contributed by atoms with Gasteiger partial charge in [-0.25, -0.2) is 23.9 Å². The van der Waals surface area contributed by atoms with E-state index in [2.05, 4.69) is 52.7 Å². The van der Waals surface area contributed by atoms with Gasteiger partial charge in [0.05, 0.1) is 11.2 Å². The first-order valence-corrected chi connectivity index (χ1v) is 12.6. The van der Waals surface area contributed by atoms with E-state index in [1.807, 2.05) is 30.3 Å². The Labute approximate surface area is 197 Å². The van der Waals surface area contributed by atoms with Crippen molar-refractivity contribution in [3.8, 4) is 5.69 Å². The van der Waals surface area contributed by atoms with Crippen LogP contribution >= 0.6 is 0 Å². The first kappa shape index (κ1) is 23.8. The summed E-state index contributed by atoms with van der Waals surface area (Å²) >= 11 is 0. The van der Waals surface area contributed by atoms with Crippen LogP contribution in [0.15, 0.2) is 51.6 Å². The number of H-pyrrole nitrogens is 1. The minimum Gasteiger partial charge on any atom is -0.246 e. The van der Waals surface area contributed by atoms with Gasteiger partial charge in [-0.2, -0.15) is 0 Å². The Balaban J connectivity index is 1.78. The number of para-hydroxylation sites is 1. The molecule has 0 radical (unpaired) electrons. The molecule has 5 heteroatoms. The number of hydrogen-bond donors (Lipinski definition) is 1. The number of aromatic amines is 1. The Morgan fingerprint density at radius 2 is 1.48 bits per heavy atom. The molecule has 4 rings (SSSR count). The maximum Gasteiger partial charge on any atom is 0.352 e. The summed E-state index contributed by atoms with van der Waals surface area (Å²) < 4.78 is 2.99. The molecule has 180 valence electrons. The summed E-state index contributed by atoms with van der Waals surface area (Å²) in [5.74, 6) is 1.27. The number of allylic oxidation sites excluding steroid dienone is 2. The summed E-state index contributed by atoms with van der Waals surface area (Å²) in [4.78, 5) is 26.7. The molecule has 2 aromatic rings. The minimum atomic E-state index is -0.430. The van der Waals surface area contributed by atoms with E-state index < -0.39 is 5.54 Å². The van der Waals surface area contributed by atoms with Gasteiger partial charge < -0.3 is 0 Å². The van der Waals surface area contributed by atoms with Gasteiger partial charge in [0.2, 0.25) is 0 Å². The fourth-order valence-corrected chi connectivity index (χ4v) is 6.17. The third kappa shape index (κ3) is 4.43. The standard InChI is InChI=1S/C28H41N3O2/c1-26(2,3)20-12-14-22(15-13-20)28(18-16-21(17-19-28)27(4,5)6)31-25(33)30(24(32)29-31)23-10-8-7-9-11-23/h7-11,14,20-21H,12-13,15-19H2,1-6H3,(H,29,32). The summed E-state index contributed by atoms with van der Waals surface area (Å²) in [6, 6.07) is 9.25. The second-order valence-electron chi connectivity index (χ2n) is 12.4. The highest BCUT2D eigenvalue weighted by Crippen LogP contribution is 2.50. The molecular weight excluding hydrogens is 410 g/mol. The molecular formula is C28H41N3O2. The Morgan fingerprint density at radius 3 is 2.00 bits per heavy atom. The highest BCUT2D eigenvalue weighted by molar-refractivity contribution is 5.31. The van der Waals surface area contributed by atoms with Crippen molar-refractivity contribution in [3.05, 3.63) is 62.9 Å². The third-order valence-corrected chi connectivity index (χ3v) is 8.51. The number of nitrogens with zero attached hydrogens (tertiary/aromatic N) is 2. The van der Waals surface area contributed by atoms with Crippen molar-refractivity contribution >= 4 is 0 Å². The van der Waals surface area contributed by atoms with Crippen LogP contribution < -0.4 is 11.4 Å². The Hall–Kier alpha value is -2.30. The summed E-state index contributed by atoms with van der Waals surface area (Å²) in [5.41, 5.74) is 1.46. The quantitative estimate of drug-likeness (QED) is 0.579. The predicted octanol–water partition coefficient (Wildman–Crippen LogP) is 6.03. The summed E-state index contributed by atoms with van der Waals surface area (Å²) in [6.45, 7) is 13.9. The molecule has 1 atom stereocenters. The number of nitrogens with one attached hydrogen (secondary N) is 1. The Bertz CT molecular complexity index is 1110. The van der Waals surface area contributed by atoms with Crippen molar-refractivity contribution in [2.75, 3.05) is 0 Å². The van der Waals surface area contributed by atoms with E-state index in [9.17, 15) is 9.59 Å². The molecule has 1 heterocycles. The monoisotopic (exact) mass is 451 g/mol. The van der Waals surface area contributed by atoms with Crippen molar-refractivity contribution in [2.24, 2.45) is 22.7 Å².